The van der Waals surface area contributed by atoms with Gasteiger partial charge in [0.25, 0.3) is 0 Å². The number of rotatable bonds is 2. The molecule has 0 amide bonds. The fourth-order valence-electron chi connectivity index (χ4n) is 2.37. The van der Waals surface area contributed by atoms with Crippen LogP contribution in [0.15, 0.2) is 24.3 Å². The van der Waals surface area contributed by atoms with E-state index in [0.29, 0.717) is 13.0 Å². The van der Waals surface area contributed by atoms with Crippen molar-refractivity contribution in [2.45, 2.75) is 30.6 Å². The molecule has 4 nitrogen and oxygen atoms in total. The lowest BCUT2D eigenvalue weighted by atomic mass is 9.99. The van der Waals surface area contributed by atoms with Gasteiger partial charge in [-0.25, -0.2) is 8.42 Å². The van der Waals surface area contributed by atoms with Gasteiger partial charge in [-0.05, 0) is 30.9 Å². The van der Waals surface area contributed by atoms with Crippen LogP contribution in [0.2, 0.25) is 0 Å². The molecule has 17 heavy (non-hydrogen) atoms. The molecule has 5 heteroatoms. The van der Waals surface area contributed by atoms with Gasteiger partial charge in [0.05, 0.1) is 10.9 Å². The highest BCUT2D eigenvalue weighted by molar-refractivity contribution is 7.93. The van der Waals surface area contributed by atoms with Crippen LogP contribution in [0.25, 0.3) is 0 Å². The van der Waals surface area contributed by atoms with Gasteiger partial charge in [-0.1, -0.05) is 18.2 Å². The molecule has 1 aromatic rings. The Labute approximate surface area is 101 Å². The number of fused-ring (bicyclic) bond motifs is 1. The molecule has 0 bridgehead atoms. The third kappa shape index (κ3) is 1.73. The van der Waals surface area contributed by atoms with Gasteiger partial charge in [0.15, 0.2) is 0 Å². The van der Waals surface area contributed by atoms with Crippen molar-refractivity contribution in [3.8, 4) is 0 Å². The van der Waals surface area contributed by atoms with Crippen LogP contribution in [0.1, 0.15) is 30.9 Å². The van der Waals surface area contributed by atoms with E-state index in [-0.39, 0.29) is 11.3 Å². The Hall–Kier alpha value is -1.07. The van der Waals surface area contributed by atoms with E-state index in [9.17, 15) is 8.42 Å². The summed E-state index contributed by atoms with van der Waals surface area (Å²) in [5.74, 6) is 0. The summed E-state index contributed by atoms with van der Waals surface area (Å²) in [6.45, 7) is 0.511. The topological polar surface area (TPSA) is 63.4 Å². The van der Waals surface area contributed by atoms with Crippen LogP contribution in [0.5, 0.6) is 0 Å². The molecule has 1 saturated carbocycles. The predicted octanol–water partition coefficient (Wildman–Crippen LogP) is 1.39. The number of hydrogen-bond donors (Lipinski definition) is 1. The second-order valence-corrected chi connectivity index (χ2v) is 6.91. The van der Waals surface area contributed by atoms with Gasteiger partial charge in [0.2, 0.25) is 10.0 Å². The summed E-state index contributed by atoms with van der Waals surface area (Å²) in [5.41, 5.74) is 7.75. The van der Waals surface area contributed by atoms with Gasteiger partial charge < -0.3 is 5.73 Å². The van der Waals surface area contributed by atoms with E-state index in [1.165, 1.54) is 0 Å². The second kappa shape index (κ2) is 3.71. The highest BCUT2D eigenvalue weighted by atomic mass is 32.2. The third-order valence-corrected chi connectivity index (χ3v) is 5.81. The van der Waals surface area contributed by atoms with Crippen LogP contribution in [0.4, 0.5) is 5.69 Å². The van der Waals surface area contributed by atoms with Crippen molar-refractivity contribution in [3.63, 3.8) is 0 Å². The number of anilines is 1. The van der Waals surface area contributed by atoms with Crippen molar-refractivity contribution in [2.75, 3.05) is 10.8 Å². The van der Waals surface area contributed by atoms with Crippen LogP contribution in [-0.4, -0.2) is 20.2 Å². The average molecular weight is 252 g/mol. The number of hydrogen-bond acceptors (Lipinski definition) is 3. The molecular weight excluding hydrogens is 236 g/mol. The van der Waals surface area contributed by atoms with E-state index >= 15 is 0 Å². The first-order chi connectivity index (χ1) is 8.10. The summed E-state index contributed by atoms with van der Waals surface area (Å²) in [6.07, 6.45) is 2.29. The summed E-state index contributed by atoms with van der Waals surface area (Å²) < 4.78 is 26.2. The lowest BCUT2D eigenvalue weighted by molar-refractivity contribution is 0.573. The van der Waals surface area contributed by atoms with Crippen LogP contribution in [-0.2, 0) is 10.0 Å². The molecule has 0 saturated heterocycles. The minimum Gasteiger partial charge on any atom is -0.324 e. The highest BCUT2D eigenvalue weighted by Gasteiger charge is 2.42. The van der Waals surface area contributed by atoms with Gasteiger partial charge in [-0.15, -0.1) is 0 Å². The Morgan fingerprint density at radius 3 is 2.59 bits per heavy atom. The number of nitrogens with two attached hydrogens (primary N) is 1. The number of benzene rings is 1. The molecule has 1 unspecified atom stereocenters. The van der Waals surface area contributed by atoms with E-state index in [1.54, 1.807) is 4.31 Å². The van der Waals surface area contributed by atoms with Gasteiger partial charge in [0, 0.05) is 12.6 Å². The number of nitrogens with zero attached hydrogens (tertiary/aromatic N) is 1. The summed E-state index contributed by atoms with van der Waals surface area (Å²) in [5, 5.41) is -0.162. The molecule has 3 rings (SSSR count). The Kier molecular flexibility index (Phi) is 2.41. The summed E-state index contributed by atoms with van der Waals surface area (Å²) in [4.78, 5) is 0. The van der Waals surface area contributed by atoms with Crippen molar-refractivity contribution in [2.24, 2.45) is 5.73 Å². The zero-order valence-electron chi connectivity index (χ0n) is 9.54. The molecule has 2 N–H and O–H groups in total. The van der Waals surface area contributed by atoms with Gasteiger partial charge in [-0.2, -0.15) is 0 Å². The molecule has 1 atom stereocenters. The average Bonchev–Trinajstić information content (AvgIpc) is 3.13. The summed E-state index contributed by atoms with van der Waals surface area (Å²) in [6, 6.07) is 7.51. The maximum absolute atomic E-state index is 12.3. The van der Waals surface area contributed by atoms with Crippen molar-refractivity contribution in [1.29, 1.82) is 0 Å². The third-order valence-electron chi connectivity index (χ3n) is 3.50. The van der Waals surface area contributed by atoms with Crippen LogP contribution < -0.4 is 10.0 Å². The van der Waals surface area contributed by atoms with E-state index in [4.69, 9.17) is 5.73 Å². The highest BCUT2D eigenvalue weighted by Crippen LogP contribution is 2.39. The minimum atomic E-state index is -3.15. The lowest BCUT2D eigenvalue weighted by Gasteiger charge is -2.33. The molecule has 0 aromatic heterocycles. The van der Waals surface area contributed by atoms with Crippen LogP contribution >= 0.6 is 0 Å². The molecule has 2 aliphatic rings. The Balaban J connectivity index is 2.06. The Morgan fingerprint density at radius 1 is 1.18 bits per heavy atom. The largest absolute Gasteiger partial charge is 0.324 e. The first-order valence-electron chi connectivity index (χ1n) is 5.97. The van der Waals surface area contributed by atoms with Crippen molar-refractivity contribution in [1.82, 2.24) is 0 Å². The zero-order chi connectivity index (χ0) is 12.0. The number of sulfonamides is 1. The standard InChI is InChI=1S/C12H16N2O2S/c13-11-7-8-14(17(15,16)9-5-6-9)12-4-2-1-3-10(11)12/h1-4,9,11H,5-8,13H2. The van der Waals surface area contributed by atoms with Gasteiger partial charge in [0.1, 0.15) is 0 Å². The molecule has 92 valence electrons. The second-order valence-electron chi connectivity index (χ2n) is 4.77. The molecular formula is C12H16N2O2S. The van der Waals surface area contributed by atoms with E-state index in [1.807, 2.05) is 24.3 Å². The zero-order valence-corrected chi connectivity index (χ0v) is 10.4. The van der Waals surface area contributed by atoms with E-state index in [0.717, 1.165) is 24.1 Å². The van der Waals surface area contributed by atoms with Gasteiger partial charge in [-0.3, -0.25) is 4.31 Å². The fourth-order valence-corrected chi connectivity index (χ4v) is 4.26. The first-order valence-corrected chi connectivity index (χ1v) is 7.47. The van der Waals surface area contributed by atoms with E-state index in [2.05, 4.69) is 0 Å². The normalized spacial score (nSPS) is 24.5. The summed E-state index contributed by atoms with van der Waals surface area (Å²) >= 11 is 0. The molecule has 1 aliphatic heterocycles. The first kappa shape index (κ1) is 11.0. The van der Waals surface area contributed by atoms with Crippen molar-refractivity contribution < 1.29 is 8.42 Å². The molecule has 0 spiro atoms. The van der Waals surface area contributed by atoms with Crippen LogP contribution in [0, 0.1) is 0 Å². The quantitative estimate of drug-likeness (QED) is 0.865. The lowest BCUT2D eigenvalue weighted by Crippen LogP contribution is -2.40. The minimum absolute atomic E-state index is 0.0446. The van der Waals surface area contributed by atoms with E-state index < -0.39 is 10.0 Å². The van der Waals surface area contributed by atoms with Crippen molar-refractivity contribution in [3.05, 3.63) is 29.8 Å². The Morgan fingerprint density at radius 2 is 1.88 bits per heavy atom. The SMILES string of the molecule is NC1CCN(S(=O)(=O)C2CC2)c2ccccc21. The number of para-hydroxylation sites is 1. The summed E-state index contributed by atoms with van der Waals surface area (Å²) in [7, 11) is -3.15. The van der Waals surface area contributed by atoms with Crippen LogP contribution in [0.3, 0.4) is 0 Å². The predicted molar refractivity (Wildman–Crippen MR) is 67.3 cm³/mol. The maximum Gasteiger partial charge on any atom is 0.238 e. The van der Waals surface area contributed by atoms with Crippen molar-refractivity contribution >= 4 is 15.7 Å². The molecule has 1 aromatic carbocycles. The maximum atomic E-state index is 12.3. The monoisotopic (exact) mass is 252 g/mol. The molecule has 1 heterocycles. The molecule has 0 radical (unpaired) electrons. The van der Waals surface area contributed by atoms with Gasteiger partial charge >= 0.3 is 0 Å². The smallest absolute Gasteiger partial charge is 0.238 e. The molecule has 1 fully saturated rings. The fraction of sp³-hybridized carbons (Fsp3) is 0.500. The molecule has 1 aliphatic carbocycles. The Bertz CT molecular complexity index is 537.